The number of halogens is 6. The van der Waals surface area contributed by atoms with Crippen LogP contribution in [0, 0.1) is 47.3 Å². The molecule has 0 unspecified atom stereocenters. The van der Waals surface area contributed by atoms with Crippen LogP contribution in [0.3, 0.4) is 0 Å². The molecule has 10 fully saturated rings. The van der Waals surface area contributed by atoms with Gasteiger partial charge >= 0.3 is 36.2 Å². The van der Waals surface area contributed by atoms with Crippen LogP contribution in [0.25, 0.3) is 0 Å². The Hall–Kier alpha value is -3.58. The summed E-state index contributed by atoms with van der Waals surface area (Å²) in [7, 11) is 0. The molecule has 0 atom stereocenters. The zero-order chi connectivity index (χ0) is 56.3. The van der Waals surface area contributed by atoms with Gasteiger partial charge in [-0.1, -0.05) is 79.7 Å². The van der Waals surface area contributed by atoms with Crippen LogP contribution in [0.15, 0.2) is 48.6 Å². The van der Waals surface area contributed by atoms with Gasteiger partial charge in [0.2, 0.25) is 0 Å². The van der Waals surface area contributed by atoms with Crippen molar-refractivity contribution in [3.05, 3.63) is 48.6 Å². The van der Waals surface area contributed by atoms with Crippen molar-refractivity contribution in [3.63, 3.8) is 0 Å². The summed E-state index contributed by atoms with van der Waals surface area (Å²) in [6.45, 7) is 25.0. The third kappa shape index (κ3) is 15.8. The van der Waals surface area contributed by atoms with Crippen LogP contribution >= 0.6 is 0 Å². The molecule has 10 aliphatic rings. The molecule has 10 saturated carbocycles. The van der Waals surface area contributed by atoms with Crippen molar-refractivity contribution >= 4 is 23.9 Å². The fourth-order valence-corrected chi connectivity index (χ4v) is 15.2. The van der Waals surface area contributed by atoms with Gasteiger partial charge in [0, 0.05) is 11.1 Å². The maximum atomic E-state index is 12.8. The lowest BCUT2D eigenvalue weighted by molar-refractivity contribution is -0.213. The maximum Gasteiger partial charge on any atom is 0.422 e. The number of ether oxygens (including phenoxy) is 4. The number of hydrogen-bond donors (Lipinski definition) is 0. The van der Waals surface area contributed by atoms with Crippen LogP contribution in [0.5, 0.6) is 0 Å². The standard InChI is InChI=1S/C18H25F3O2.C18H28O2.C13H19F3O2.C13H22O2/c1-3-4-5-17(23-16(22)11(2)18(19,20)21)14-7-12-6-13(9-14)10-15(17)8-12;1-4-5-6-18(20-17(19)12(2)3)15-8-13-7-14(10-15)11-16(18)9-13;1-3-4-7-12(8-5-6-9-12)18-11(17)10(2)13(14,15)16;1-4-5-8-13(9-6-7-10-13)15-12(14)11(2)3/h12-15H,2-10H2,1H3;13-16H,2,4-11H2,1,3H3;2-9H2,1H3;2,4-10H2,1,3H3. The van der Waals surface area contributed by atoms with E-state index in [9.17, 15) is 45.5 Å². The Kier molecular flexibility index (Phi) is 22.5. The fraction of sp³-hybridized carbons (Fsp3) is 0.806. The van der Waals surface area contributed by atoms with Gasteiger partial charge in [-0.15, -0.1) is 0 Å². The van der Waals surface area contributed by atoms with E-state index in [0.29, 0.717) is 60.5 Å². The lowest BCUT2D eigenvalue weighted by atomic mass is 9.49. The minimum Gasteiger partial charge on any atom is -0.456 e. The number of carbonyl (C=O) groups excluding carboxylic acids is 4. The van der Waals surface area contributed by atoms with Crippen LogP contribution < -0.4 is 0 Å². The fourth-order valence-electron chi connectivity index (χ4n) is 15.2. The van der Waals surface area contributed by atoms with Crippen LogP contribution in [0.2, 0.25) is 0 Å². The summed E-state index contributed by atoms with van der Waals surface area (Å²) in [5.41, 5.74) is -3.42. The van der Waals surface area contributed by atoms with Crippen molar-refractivity contribution in [2.75, 3.05) is 0 Å². The number of esters is 4. The third-order valence-corrected chi connectivity index (χ3v) is 18.9. The smallest absolute Gasteiger partial charge is 0.422 e. The summed E-state index contributed by atoms with van der Waals surface area (Å²) < 4.78 is 98.0. The topological polar surface area (TPSA) is 105 Å². The second kappa shape index (κ2) is 27.1. The first-order valence-electron chi connectivity index (χ1n) is 29.5. The summed E-state index contributed by atoms with van der Waals surface area (Å²) in [6.07, 6.45) is 21.7. The molecule has 10 aliphatic carbocycles. The Morgan fingerprint density at radius 3 is 0.934 bits per heavy atom. The summed E-state index contributed by atoms with van der Waals surface area (Å²) in [5.74, 6) is 1.93. The number of hydrogen-bond acceptors (Lipinski definition) is 8. The SMILES string of the molecule is C=C(C(=O)OC1(CCCC)C2CC3CC(C2)CC1C3)C(F)(F)F.C=C(C(=O)OC1(CCCC)CCCC1)C(F)(F)F.C=C(C)C(=O)OC1(CCCC)C2CC3CC(C2)CC1C3.C=C(C)C(=O)OC1(CCCC)CCCC1. The molecule has 8 nitrogen and oxygen atoms in total. The molecule has 0 radical (unpaired) electrons. The Bertz CT molecular complexity index is 1970. The van der Waals surface area contributed by atoms with E-state index in [4.69, 9.17) is 18.9 Å². The summed E-state index contributed by atoms with van der Waals surface area (Å²) in [4.78, 5) is 47.3. The summed E-state index contributed by atoms with van der Waals surface area (Å²) in [6, 6.07) is 0. The highest BCUT2D eigenvalue weighted by Crippen LogP contribution is 2.63. The first-order valence-corrected chi connectivity index (χ1v) is 29.5. The highest BCUT2D eigenvalue weighted by Gasteiger charge is 2.61. The second-order valence-electron chi connectivity index (χ2n) is 24.8. The molecule has 0 aromatic rings. The molecule has 76 heavy (non-hydrogen) atoms. The molecular formula is C62H94F6O8. The zero-order valence-corrected chi connectivity index (χ0v) is 47.2. The van der Waals surface area contributed by atoms with E-state index in [0.717, 1.165) is 115 Å². The van der Waals surface area contributed by atoms with Gasteiger partial charge in [-0.2, -0.15) is 26.3 Å². The molecule has 0 spiro atoms. The van der Waals surface area contributed by atoms with Gasteiger partial charge < -0.3 is 18.9 Å². The quantitative estimate of drug-likeness (QED) is 0.0514. The normalized spacial score (nSPS) is 30.8. The molecule has 0 aromatic heterocycles. The van der Waals surface area contributed by atoms with Crippen LogP contribution in [-0.2, 0) is 38.1 Å². The first-order chi connectivity index (χ1) is 35.7. The Balaban J connectivity index is 0.000000189. The molecule has 432 valence electrons. The Morgan fingerprint density at radius 1 is 0.408 bits per heavy atom. The van der Waals surface area contributed by atoms with Crippen molar-refractivity contribution in [1.29, 1.82) is 0 Å². The Morgan fingerprint density at radius 2 is 0.658 bits per heavy atom. The highest BCUT2D eigenvalue weighted by atomic mass is 19.4. The predicted molar refractivity (Wildman–Crippen MR) is 284 cm³/mol. The minimum absolute atomic E-state index is 0.153. The average molecular weight is 1080 g/mol. The molecule has 0 N–H and O–H groups in total. The van der Waals surface area contributed by atoms with Crippen LogP contribution in [0.4, 0.5) is 26.3 Å². The van der Waals surface area contributed by atoms with E-state index >= 15 is 0 Å². The van der Waals surface area contributed by atoms with E-state index in [1.807, 2.05) is 6.92 Å². The molecule has 0 heterocycles. The molecule has 14 heteroatoms. The first kappa shape index (κ1) is 63.3. The second-order valence-corrected chi connectivity index (χ2v) is 24.8. The van der Waals surface area contributed by atoms with Crippen molar-refractivity contribution in [2.24, 2.45) is 47.3 Å². The van der Waals surface area contributed by atoms with Crippen molar-refractivity contribution < 1.29 is 64.5 Å². The highest BCUT2D eigenvalue weighted by molar-refractivity contribution is 5.90. The predicted octanol–water partition coefficient (Wildman–Crippen LogP) is 17.3. The largest absolute Gasteiger partial charge is 0.456 e. The van der Waals surface area contributed by atoms with E-state index < -0.39 is 46.6 Å². The van der Waals surface area contributed by atoms with E-state index in [-0.39, 0.29) is 35.0 Å². The molecular weight excluding hydrogens is 987 g/mol. The monoisotopic (exact) mass is 1080 g/mol. The average Bonchev–Trinajstić information content (AvgIpc) is 4.03. The minimum atomic E-state index is -4.71. The lowest BCUT2D eigenvalue weighted by Gasteiger charge is -2.60. The van der Waals surface area contributed by atoms with Crippen LogP contribution in [0.1, 0.15) is 234 Å². The van der Waals surface area contributed by atoms with Crippen LogP contribution in [-0.4, -0.2) is 58.6 Å². The maximum absolute atomic E-state index is 12.8. The van der Waals surface area contributed by atoms with Gasteiger partial charge in [0.1, 0.15) is 33.6 Å². The Labute approximate surface area is 451 Å². The number of alkyl halides is 6. The van der Waals surface area contributed by atoms with Crippen molar-refractivity contribution in [3.8, 4) is 0 Å². The van der Waals surface area contributed by atoms with Gasteiger partial charge in [-0.25, -0.2) is 19.2 Å². The van der Waals surface area contributed by atoms with E-state index in [1.165, 1.54) is 64.2 Å². The molecule has 0 amide bonds. The van der Waals surface area contributed by atoms with Gasteiger partial charge in [0.05, 0.1) is 0 Å². The van der Waals surface area contributed by atoms with Gasteiger partial charge in [-0.3, -0.25) is 0 Å². The van der Waals surface area contributed by atoms with Crippen molar-refractivity contribution in [2.45, 2.75) is 269 Å². The van der Waals surface area contributed by atoms with Gasteiger partial charge in [-0.05, 0) is 228 Å². The van der Waals surface area contributed by atoms with E-state index in [2.05, 4.69) is 47.1 Å². The third-order valence-electron chi connectivity index (χ3n) is 18.9. The van der Waals surface area contributed by atoms with Gasteiger partial charge in [0.15, 0.2) is 0 Å². The number of rotatable bonds is 20. The lowest BCUT2D eigenvalue weighted by Crippen LogP contribution is -2.59. The van der Waals surface area contributed by atoms with Gasteiger partial charge in [0.25, 0.3) is 0 Å². The number of carbonyl (C=O) groups is 4. The molecule has 0 aromatic carbocycles. The van der Waals surface area contributed by atoms with Crippen molar-refractivity contribution in [1.82, 2.24) is 0 Å². The summed E-state index contributed by atoms with van der Waals surface area (Å²) in [5, 5.41) is 0. The molecule has 10 rings (SSSR count). The molecule has 8 bridgehead atoms. The number of unbranched alkanes of at least 4 members (excludes halogenated alkanes) is 4. The van der Waals surface area contributed by atoms with E-state index in [1.54, 1.807) is 13.8 Å². The molecule has 0 saturated heterocycles. The molecule has 0 aliphatic heterocycles. The zero-order valence-electron chi connectivity index (χ0n) is 47.2. The summed E-state index contributed by atoms with van der Waals surface area (Å²) >= 11 is 0.